The first kappa shape index (κ1) is 20.6. The van der Waals surface area contributed by atoms with Crippen molar-refractivity contribution in [2.75, 3.05) is 20.2 Å². The van der Waals surface area contributed by atoms with Crippen molar-refractivity contribution in [3.8, 4) is 22.7 Å². The second kappa shape index (κ2) is 8.91. The van der Waals surface area contributed by atoms with E-state index < -0.39 is 30.8 Å². The molecule has 0 saturated carbocycles. The summed E-state index contributed by atoms with van der Waals surface area (Å²) in [6, 6.07) is 18.1. The molecular formula is C21H21N5O4. The zero-order valence-electron chi connectivity index (χ0n) is 16.3. The summed E-state index contributed by atoms with van der Waals surface area (Å²) in [5, 5.41) is 4.42. The number of amides is 3. The number of nitrogens with two attached hydrogens (primary N) is 2. The number of primary amides is 2. The average molecular weight is 407 g/mol. The minimum Gasteiger partial charge on any atom is -0.497 e. The Morgan fingerprint density at radius 3 is 2.10 bits per heavy atom. The van der Waals surface area contributed by atoms with Gasteiger partial charge in [0, 0.05) is 5.56 Å². The summed E-state index contributed by atoms with van der Waals surface area (Å²) in [4.78, 5) is 36.6. The van der Waals surface area contributed by atoms with E-state index in [1.54, 1.807) is 30.0 Å². The maximum Gasteiger partial charge on any atom is 0.275 e. The van der Waals surface area contributed by atoms with Gasteiger partial charge in [0.05, 0.1) is 18.5 Å². The van der Waals surface area contributed by atoms with E-state index in [0.29, 0.717) is 11.4 Å². The fourth-order valence-corrected chi connectivity index (χ4v) is 2.96. The predicted molar refractivity (Wildman–Crippen MR) is 110 cm³/mol. The fraction of sp³-hybridized carbons (Fsp3) is 0.143. The molecule has 0 atom stereocenters. The Hall–Kier alpha value is -4.14. The Morgan fingerprint density at radius 2 is 1.57 bits per heavy atom. The molecule has 3 aromatic rings. The van der Waals surface area contributed by atoms with Gasteiger partial charge in [-0.2, -0.15) is 5.10 Å². The van der Waals surface area contributed by atoms with Crippen molar-refractivity contribution < 1.29 is 19.1 Å². The number of para-hydroxylation sites is 1. The van der Waals surface area contributed by atoms with Gasteiger partial charge in [0.25, 0.3) is 5.91 Å². The summed E-state index contributed by atoms with van der Waals surface area (Å²) in [6.45, 7) is -0.893. The molecule has 3 amide bonds. The van der Waals surface area contributed by atoms with Crippen LogP contribution in [-0.2, 0) is 9.59 Å². The fourth-order valence-electron chi connectivity index (χ4n) is 2.96. The van der Waals surface area contributed by atoms with Crippen LogP contribution in [-0.4, -0.2) is 52.6 Å². The normalized spacial score (nSPS) is 10.4. The van der Waals surface area contributed by atoms with E-state index in [4.69, 9.17) is 16.2 Å². The number of carbonyl (C=O) groups excluding carboxylic acids is 3. The Kier molecular flexibility index (Phi) is 6.11. The molecule has 0 spiro atoms. The predicted octanol–water partition coefficient (Wildman–Crippen LogP) is 0.961. The molecule has 9 nitrogen and oxygen atoms in total. The number of rotatable bonds is 8. The molecule has 0 aliphatic heterocycles. The molecule has 0 aliphatic rings. The van der Waals surface area contributed by atoms with Crippen molar-refractivity contribution in [3.05, 3.63) is 66.4 Å². The Balaban J connectivity index is 2.07. The van der Waals surface area contributed by atoms with Crippen molar-refractivity contribution in [1.82, 2.24) is 14.7 Å². The minimum atomic E-state index is -0.762. The SMILES string of the molecule is COc1ccc(-c2cc(C(=O)N(CC(N)=O)CC(N)=O)nn2-c2ccccc2)cc1. The lowest BCUT2D eigenvalue weighted by atomic mass is 10.1. The molecule has 0 fully saturated rings. The van der Waals surface area contributed by atoms with Crippen molar-refractivity contribution >= 4 is 17.7 Å². The summed E-state index contributed by atoms with van der Waals surface area (Å²) < 4.78 is 6.81. The van der Waals surface area contributed by atoms with E-state index in [0.717, 1.165) is 16.2 Å². The first-order valence-electron chi connectivity index (χ1n) is 9.05. The monoisotopic (exact) mass is 407 g/mol. The largest absolute Gasteiger partial charge is 0.497 e. The van der Waals surface area contributed by atoms with Crippen LogP contribution in [0.3, 0.4) is 0 Å². The van der Waals surface area contributed by atoms with E-state index in [9.17, 15) is 14.4 Å². The molecule has 30 heavy (non-hydrogen) atoms. The van der Waals surface area contributed by atoms with Crippen LogP contribution in [0.5, 0.6) is 5.75 Å². The van der Waals surface area contributed by atoms with Crippen LogP contribution < -0.4 is 16.2 Å². The Labute approximate surface area is 172 Å². The van der Waals surface area contributed by atoms with Gasteiger partial charge in [0.2, 0.25) is 11.8 Å². The maximum absolute atomic E-state index is 13.0. The standard InChI is InChI=1S/C21H21N5O4/c1-30-16-9-7-14(8-10-16)18-11-17(24-26(18)15-5-3-2-4-6-15)21(29)25(12-19(22)27)13-20(23)28/h2-11H,12-13H2,1H3,(H2,22,27)(H2,23,28). The lowest BCUT2D eigenvalue weighted by Gasteiger charge is -2.17. The Morgan fingerprint density at radius 1 is 0.967 bits per heavy atom. The first-order valence-corrected chi connectivity index (χ1v) is 9.05. The summed E-state index contributed by atoms with van der Waals surface area (Å²) in [6.07, 6.45) is 0. The number of ether oxygens (including phenoxy) is 1. The molecule has 0 aliphatic carbocycles. The topological polar surface area (TPSA) is 134 Å². The number of aromatic nitrogens is 2. The highest BCUT2D eigenvalue weighted by atomic mass is 16.5. The van der Waals surface area contributed by atoms with Gasteiger partial charge < -0.3 is 21.1 Å². The van der Waals surface area contributed by atoms with Gasteiger partial charge in [0.15, 0.2) is 5.69 Å². The van der Waals surface area contributed by atoms with Gasteiger partial charge in [-0.25, -0.2) is 4.68 Å². The summed E-state index contributed by atoms with van der Waals surface area (Å²) in [5.41, 5.74) is 12.6. The molecule has 1 heterocycles. The van der Waals surface area contributed by atoms with E-state index in [1.807, 2.05) is 42.5 Å². The van der Waals surface area contributed by atoms with Gasteiger partial charge in [0.1, 0.15) is 18.8 Å². The molecule has 0 saturated heterocycles. The third kappa shape index (κ3) is 4.64. The van der Waals surface area contributed by atoms with Crippen LogP contribution >= 0.6 is 0 Å². The molecule has 154 valence electrons. The second-order valence-electron chi connectivity index (χ2n) is 6.48. The number of hydrogen-bond acceptors (Lipinski definition) is 5. The smallest absolute Gasteiger partial charge is 0.275 e. The van der Waals surface area contributed by atoms with Gasteiger partial charge in [-0.3, -0.25) is 14.4 Å². The molecule has 0 unspecified atom stereocenters. The number of hydrogen-bond donors (Lipinski definition) is 2. The zero-order valence-corrected chi connectivity index (χ0v) is 16.3. The number of nitrogens with zero attached hydrogens (tertiary/aromatic N) is 3. The number of carbonyl (C=O) groups is 3. The van der Waals surface area contributed by atoms with Gasteiger partial charge in [-0.15, -0.1) is 0 Å². The van der Waals surface area contributed by atoms with Gasteiger partial charge >= 0.3 is 0 Å². The number of benzene rings is 2. The van der Waals surface area contributed by atoms with Crippen molar-refractivity contribution in [2.24, 2.45) is 11.5 Å². The lowest BCUT2D eigenvalue weighted by molar-refractivity contribution is -0.121. The molecule has 4 N–H and O–H groups in total. The van der Waals surface area contributed by atoms with Crippen molar-refractivity contribution in [3.63, 3.8) is 0 Å². The second-order valence-corrected chi connectivity index (χ2v) is 6.48. The highest BCUT2D eigenvalue weighted by molar-refractivity contribution is 5.98. The van der Waals surface area contributed by atoms with E-state index in [2.05, 4.69) is 5.10 Å². The molecule has 0 bridgehead atoms. The van der Waals surface area contributed by atoms with Crippen LogP contribution in [0.2, 0.25) is 0 Å². The molecular weight excluding hydrogens is 386 g/mol. The Bertz CT molecular complexity index is 1040. The zero-order chi connectivity index (χ0) is 21.7. The van der Waals surface area contributed by atoms with Crippen LogP contribution in [0.4, 0.5) is 0 Å². The van der Waals surface area contributed by atoms with Gasteiger partial charge in [-0.05, 0) is 42.5 Å². The molecule has 1 aromatic heterocycles. The first-order chi connectivity index (χ1) is 14.4. The molecule has 0 radical (unpaired) electrons. The van der Waals surface area contributed by atoms with E-state index >= 15 is 0 Å². The third-order valence-electron chi connectivity index (χ3n) is 4.30. The summed E-state index contributed by atoms with van der Waals surface area (Å²) >= 11 is 0. The summed E-state index contributed by atoms with van der Waals surface area (Å²) in [7, 11) is 1.58. The third-order valence-corrected chi connectivity index (χ3v) is 4.30. The number of methoxy groups -OCH3 is 1. The quantitative estimate of drug-likeness (QED) is 0.574. The minimum absolute atomic E-state index is 0.0483. The molecule has 3 rings (SSSR count). The summed E-state index contributed by atoms with van der Waals surface area (Å²) in [5.74, 6) is -1.46. The highest BCUT2D eigenvalue weighted by Crippen LogP contribution is 2.26. The van der Waals surface area contributed by atoms with E-state index in [1.165, 1.54) is 0 Å². The molecule has 2 aromatic carbocycles. The van der Waals surface area contributed by atoms with Crippen molar-refractivity contribution in [1.29, 1.82) is 0 Å². The van der Waals surface area contributed by atoms with Crippen LogP contribution in [0, 0.1) is 0 Å². The van der Waals surface area contributed by atoms with Gasteiger partial charge in [-0.1, -0.05) is 18.2 Å². The van der Waals surface area contributed by atoms with Crippen LogP contribution in [0.1, 0.15) is 10.5 Å². The lowest BCUT2D eigenvalue weighted by Crippen LogP contribution is -2.43. The maximum atomic E-state index is 13.0. The highest BCUT2D eigenvalue weighted by Gasteiger charge is 2.24. The van der Waals surface area contributed by atoms with Crippen LogP contribution in [0.25, 0.3) is 16.9 Å². The average Bonchev–Trinajstić information content (AvgIpc) is 3.18. The van der Waals surface area contributed by atoms with E-state index in [-0.39, 0.29) is 5.69 Å². The van der Waals surface area contributed by atoms with Crippen LogP contribution in [0.15, 0.2) is 60.7 Å². The van der Waals surface area contributed by atoms with Crippen molar-refractivity contribution in [2.45, 2.75) is 0 Å². The molecule has 9 heteroatoms.